The van der Waals surface area contributed by atoms with Crippen LogP contribution in [-0.2, 0) is 10.2 Å². The van der Waals surface area contributed by atoms with Crippen LogP contribution in [0.15, 0.2) is 99.1 Å². The normalized spacial score (nSPS) is 19.8. The lowest BCUT2D eigenvalue weighted by Crippen LogP contribution is -2.51. The Hall–Kier alpha value is -3.70. The Morgan fingerprint density at radius 2 is 1.45 bits per heavy atom. The molecule has 0 radical (unpaired) electrons. The zero-order chi connectivity index (χ0) is 28.4. The molecule has 0 amide bonds. The van der Waals surface area contributed by atoms with Crippen molar-refractivity contribution in [2.24, 2.45) is 0 Å². The molecule has 9 nitrogen and oxygen atoms in total. The Bertz CT molecular complexity index is 1520. The third kappa shape index (κ3) is 4.88. The Balaban J connectivity index is 1.68. The van der Waals surface area contributed by atoms with Crippen molar-refractivity contribution in [1.82, 2.24) is 9.55 Å². The van der Waals surface area contributed by atoms with Gasteiger partial charge < -0.3 is 24.4 Å². The summed E-state index contributed by atoms with van der Waals surface area (Å²) >= 11 is 3.14. The maximum atomic E-state index is 12.6. The van der Waals surface area contributed by atoms with Crippen LogP contribution in [0.1, 0.15) is 29.3 Å². The quantitative estimate of drug-likeness (QED) is 0.262. The summed E-state index contributed by atoms with van der Waals surface area (Å²) in [6, 6.07) is 24.3. The highest BCUT2D eigenvalue weighted by Gasteiger charge is 2.52. The lowest BCUT2D eigenvalue weighted by molar-refractivity contribution is -0.0977. The molecule has 0 bridgehead atoms. The first-order valence-electron chi connectivity index (χ1n) is 12.7. The molecular weight excluding hydrogens is 580 g/mol. The van der Waals surface area contributed by atoms with E-state index in [2.05, 4.69) is 20.9 Å². The summed E-state index contributed by atoms with van der Waals surface area (Å²) in [5.41, 5.74) is -0.225. The standard InChI is InChI=1S/C30H29BrN2O7/c1-38-21-12-8-19(9-13-21)30(18-6-4-3-5-7-18,20-10-14-22(39-2)15-11-20)27(35)26-24(34)16-25(40-26)33-17-23(31)28(36)32-29(33)37/h3-15,17,24-27,34-35H,16H2,1-2H3,(H,32,36,37)/t24-,25+,26-,27?/m0/s1. The number of hydrogen-bond donors (Lipinski definition) is 3. The predicted molar refractivity (Wildman–Crippen MR) is 152 cm³/mol. The number of halogens is 1. The molecular formula is C30H29BrN2O7. The Kier molecular flexibility index (Phi) is 7.95. The van der Waals surface area contributed by atoms with E-state index >= 15 is 0 Å². The van der Waals surface area contributed by atoms with Crippen LogP contribution in [0.5, 0.6) is 11.5 Å². The van der Waals surface area contributed by atoms with E-state index in [1.165, 1.54) is 10.8 Å². The topological polar surface area (TPSA) is 123 Å². The second kappa shape index (κ2) is 11.4. The SMILES string of the molecule is COc1ccc(C(c2ccccc2)(c2ccc(OC)cc2)C(O)[C@H]2O[C@@H](n3cc(Br)c(=O)[nH]c3=O)C[C@@H]2O)cc1. The van der Waals surface area contributed by atoms with Crippen LogP contribution in [0.2, 0.25) is 0 Å². The van der Waals surface area contributed by atoms with E-state index in [-0.39, 0.29) is 10.9 Å². The molecule has 3 N–H and O–H groups in total. The minimum Gasteiger partial charge on any atom is -0.497 e. The van der Waals surface area contributed by atoms with Gasteiger partial charge in [-0.25, -0.2) is 4.79 Å². The highest BCUT2D eigenvalue weighted by Crippen LogP contribution is 2.47. The van der Waals surface area contributed by atoms with Crippen molar-refractivity contribution in [3.05, 3.63) is 127 Å². The fourth-order valence-electron chi connectivity index (χ4n) is 5.47. The summed E-state index contributed by atoms with van der Waals surface area (Å²) in [5, 5.41) is 23.6. The number of nitrogens with zero attached hydrogens (tertiary/aromatic N) is 1. The van der Waals surface area contributed by atoms with E-state index in [9.17, 15) is 19.8 Å². The third-order valence-corrected chi connectivity index (χ3v) is 8.01. The van der Waals surface area contributed by atoms with Crippen LogP contribution in [0.3, 0.4) is 0 Å². The van der Waals surface area contributed by atoms with Gasteiger partial charge in [0, 0.05) is 12.6 Å². The van der Waals surface area contributed by atoms with Gasteiger partial charge in [0.25, 0.3) is 5.56 Å². The third-order valence-electron chi connectivity index (χ3n) is 7.45. The second-order valence-corrected chi connectivity index (χ2v) is 10.4. The van der Waals surface area contributed by atoms with Gasteiger partial charge >= 0.3 is 5.69 Å². The van der Waals surface area contributed by atoms with Crippen LogP contribution < -0.4 is 20.7 Å². The number of rotatable bonds is 8. The fourth-order valence-corrected chi connectivity index (χ4v) is 5.79. The summed E-state index contributed by atoms with van der Waals surface area (Å²) in [5.74, 6) is 1.30. The van der Waals surface area contributed by atoms with Crippen LogP contribution in [0.25, 0.3) is 0 Å². The van der Waals surface area contributed by atoms with Crippen LogP contribution in [0.4, 0.5) is 0 Å². The molecule has 40 heavy (non-hydrogen) atoms. The monoisotopic (exact) mass is 608 g/mol. The van der Waals surface area contributed by atoms with Gasteiger partial charge in [0.05, 0.1) is 30.2 Å². The van der Waals surface area contributed by atoms with Gasteiger partial charge in [0.2, 0.25) is 0 Å². The number of benzene rings is 3. The summed E-state index contributed by atoms with van der Waals surface area (Å²) in [4.78, 5) is 26.7. The summed E-state index contributed by atoms with van der Waals surface area (Å²) in [7, 11) is 3.16. The Morgan fingerprint density at radius 3 is 1.98 bits per heavy atom. The molecule has 1 aliphatic heterocycles. The van der Waals surface area contributed by atoms with E-state index in [0.717, 1.165) is 16.7 Å². The number of nitrogens with one attached hydrogen (secondary N) is 1. The van der Waals surface area contributed by atoms with Crippen molar-refractivity contribution in [3.63, 3.8) is 0 Å². The van der Waals surface area contributed by atoms with Crippen LogP contribution >= 0.6 is 15.9 Å². The minimum absolute atomic E-state index is 0.0240. The molecule has 0 aliphatic carbocycles. The molecule has 1 aliphatic rings. The van der Waals surface area contributed by atoms with Crippen molar-refractivity contribution in [1.29, 1.82) is 0 Å². The van der Waals surface area contributed by atoms with Gasteiger partial charge in [-0.2, -0.15) is 0 Å². The number of aromatic amines is 1. The van der Waals surface area contributed by atoms with Crippen molar-refractivity contribution >= 4 is 15.9 Å². The number of hydrogen-bond acceptors (Lipinski definition) is 7. The van der Waals surface area contributed by atoms with Crippen molar-refractivity contribution in [2.75, 3.05) is 14.2 Å². The van der Waals surface area contributed by atoms with E-state index < -0.39 is 41.2 Å². The second-order valence-electron chi connectivity index (χ2n) is 9.58. The first-order chi connectivity index (χ1) is 19.3. The van der Waals surface area contributed by atoms with Gasteiger partial charge in [0.1, 0.15) is 29.9 Å². The van der Waals surface area contributed by atoms with E-state index in [1.54, 1.807) is 14.2 Å². The average molecular weight is 609 g/mol. The highest BCUT2D eigenvalue weighted by molar-refractivity contribution is 9.10. The van der Waals surface area contributed by atoms with E-state index in [4.69, 9.17) is 14.2 Å². The molecule has 2 heterocycles. The molecule has 1 fully saturated rings. The van der Waals surface area contributed by atoms with Gasteiger partial charge in [-0.05, 0) is 56.9 Å². The molecule has 4 aromatic rings. The van der Waals surface area contributed by atoms with Crippen molar-refractivity contribution in [2.45, 2.75) is 36.4 Å². The minimum atomic E-state index is -1.32. The van der Waals surface area contributed by atoms with Gasteiger partial charge in [0.15, 0.2) is 0 Å². The summed E-state index contributed by atoms with van der Waals surface area (Å²) in [6.07, 6.45) is -3.13. The lowest BCUT2D eigenvalue weighted by atomic mass is 9.64. The Morgan fingerprint density at radius 1 is 0.925 bits per heavy atom. The molecule has 4 atom stereocenters. The number of aromatic nitrogens is 2. The first kappa shape index (κ1) is 27.9. The van der Waals surface area contributed by atoms with Crippen LogP contribution in [0, 0.1) is 0 Å². The van der Waals surface area contributed by atoms with Crippen molar-refractivity contribution < 1.29 is 24.4 Å². The maximum absolute atomic E-state index is 12.6. The number of H-pyrrole nitrogens is 1. The number of ether oxygens (including phenoxy) is 3. The maximum Gasteiger partial charge on any atom is 0.330 e. The molecule has 5 rings (SSSR count). The van der Waals surface area contributed by atoms with Gasteiger partial charge in [-0.1, -0.05) is 54.6 Å². The number of aliphatic hydroxyl groups is 2. The molecule has 1 aromatic heterocycles. The molecule has 3 aromatic carbocycles. The molecule has 10 heteroatoms. The molecule has 1 unspecified atom stereocenters. The van der Waals surface area contributed by atoms with E-state index in [1.807, 2.05) is 78.9 Å². The molecule has 208 valence electrons. The highest BCUT2D eigenvalue weighted by atomic mass is 79.9. The van der Waals surface area contributed by atoms with Gasteiger partial charge in [-0.3, -0.25) is 14.3 Å². The first-order valence-corrected chi connectivity index (χ1v) is 13.5. The summed E-state index contributed by atoms with van der Waals surface area (Å²) in [6.45, 7) is 0. The Labute approximate surface area is 238 Å². The zero-order valence-electron chi connectivity index (χ0n) is 21.9. The number of aliphatic hydroxyl groups excluding tert-OH is 2. The molecule has 0 saturated carbocycles. The predicted octanol–water partition coefficient (Wildman–Crippen LogP) is 3.36. The van der Waals surface area contributed by atoms with Crippen LogP contribution in [-0.4, -0.2) is 52.3 Å². The fraction of sp³-hybridized carbons (Fsp3) is 0.267. The van der Waals surface area contributed by atoms with E-state index in [0.29, 0.717) is 11.5 Å². The smallest absolute Gasteiger partial charge is 0.330 e. The lowest BCUT2D eigenvalue weighted by Gasteiger charge is -2.43. The molecule has 1 saturated heterocycles. The molecule has 0 spiro atoms. The van der Waals surface area contributed by atoms with Crippen molar-refractivity contribution in [3.8, 4) is 11.5 Å². The zero-order valence-corrected chi connectivity index (χ0v) is 23.4. The summed E-state index contributed by atoms with van der Waals surface area (Å²) < 4.78 is 18.3. The van der Waals surface area contributed by atoms with Gasteiger partial charge in [-0.15, -0.1) is 0 Å². The average Bonchev–Trinajstić information content (AvgIpc) is 3.37. The number of methoxy groups -OCH3 is 2. The largest absolute Gasteiger partial charge is 0.497 e.